The summed E-state index contributed by atoms with van der Waals surface area (Å²) in [4.78, 5) is 0. The van der Waals surface area contributed by atoms with Gasteiger partial charge in [-0.2, -0.15) is 8.42 Å². The van der Waals surface area contributed by atoms with Gasteiger partial charge >= 0.3 is 0 Å². The van der Waals surface area contributed by atoms with Crippen LogP contribution in [0, 0.1) is 0 Å². The van der Waals surface area contributed by atoms with Gasteiger partial charge in [0.2, 0.25) is 0 Å². The summed E-state index contributed by atoms with van der Waals surface area (Å²) in [5.74, 6) is 0. The maximum absolute atomic E-state index is 10.6. The summed E-state index contributed by atoms with van der Waals surface area (Å²) in [6, 6.07) is 0. The molecule has 1 N–H and O–H groups in total. The molecule has 1 rings (SSSR count). The first-order valence-corrected chi connectivity index (χ1v) is 5.58. The minimum absolute atomic E-state index is 0.504. The molecule has 1 aliphatic heterocycles. The Kier molecular flexibility index (Phi) is 2.90. The summed E-state index contributed by atoms with van der Waals surface area (Å²) >= 11 is 3.24. The fourth-order valence-electron chi connectivity index (χ4n) is 1.12. The Balaban J connectivity index is 2.53. The van der Waals surface area contributed by atoms with Crippen LogP contribution in [0.3, 0.4) is 0 Å². The third-order valence-corrected chi connectivity index (χ3v) is 3.83. The fraction of sp³-hybridized carbons (Fsp3) is 1.00. The van der Waals surface area contributed by atoms with Gasteiger partial charge in [-0.25, -0.2) is 3.93 Å². The minimum Gasteiger partial charge on any atom is -0.285 e. The molecule has 1 aliphatic rings. The smallest absolute Gasteiger partial charge is 0.267 e. The predicted octanol–water partition coefficient (Wildman–Crippen LogP) is 0.649. The Bertz CT molecular complexity index is 220. The molecule has 0 aromatic carbocycles. The monoisotopic (exact) mass is 243 g/mol. The number of halogens is 1. The van der Waals surface area contributed by atoms with E-state index in [-0.39, 0.29) is 0 Å². The second-order valence-electron chi connectivity index (χ2n) is 2.62. The van der Waals surface area contributed by atoms with Crippen LogP contribution in [0.5, 0.6) is 0 Å². The molecule has 11 heavy (non-hydrogen) atoms. The van der Waals surface area contributed by atoms with Gasteiger partial charge in [-0.05, 0) is 12.8 Å². The van der Waals surface area contributed by atoms with E-state index in [0.29, 0.717) is 25.9 Å². The number of hydrogen-bond donors (Lipinski definition) is 1. The third-order valence-electron chi connectivity index (χ3n) is 1.81. The van der Waals surface area contributed by atoms with Gasteiger partial charge in [0.25, 0.3) is 10.1 Å². The van der Waals surface area contributed by atoms with Crippen LogP contribution in [-0.4, -0.2) is 35.2 Å². The molecule has 6 heteroatoms. The number of nitrogens with zero attached hydrogens (tertiary/aromatic N) is 1. The Morgan fingerprint density at radius 1 is 1.36 bits per heavy atom. The highest BCUT2D eigenvalue weighted by molar-refractivity contribution is 9.07. The summed E-state index contributed by atoms with van der Waals surface area (Å²) in [6.45, 7) is 1.34. The van der Waals surface area contributed by atoms with E-state index < -0.39 is 15.4 Å². The molecule has 0 aliphatic carbocycles. The van der Waals surface area contributed by atoms with Gasteiger partial charge in [0.05, 0.1) is 5.25 Å². The quantitative estimate of drug-likeness (QED) is 0.543. The van der Waals surface area contributed by atoms with Crippen LogP contribution < -0.4 is 0 Å². The molecule has 0 spiro atoms. The maximum atomic E-state index is 10.6. The standard InChI is InChI=1S/C5H10BrNO3S/c6-7-3-1-5(2-4-7)11(8,9)10/h5H,1-4H2,(H,8,9,10). The van der Waals surface area contributed by atoms with Crippen molar-refractivity contribution in [2.45, 2.75) is 18.1 Å². The van der Waals surface area contributed by atoms with Crippen molar-refractivity contribution in [2.24, 2.45) is 0 Å². The minimum atomic E-state index is -3.80. The first kappa shape index (κ1) is 9.44. The zero-order valence-electron chi connectivity index (χ0n) is 5.90. The van der Waals surface area contributed by atoms with Gasteiger partial charge in [0.15, 0.2) is 0 Å². The topological polar surface area (TPSA) is 57.6 Å². The zero-order chi connectivity index (χ0) is 8.48. The van der Waals surface area contributed by atoms with Crippen molar-refractivity contribution in [3.8, 4) is 0 Å². The van der Waals surface area contributed by atoms with Crippen molar-refractivity contribution in [3.05, 3.63) is 0 Å². The average molecular weight is 244 g/mol. The summed E-state index contributed by atoms with van der Waals surface area (Å²) in [6.07, 6.45) is 1.01. The van der Waals surface area contributed by atoms with Gasteiger partial charge in [-0.15, -0.1) is 0 Å². The Hall–Kier alpha value is 0.350. The van der Waals surface area contributed by atoms with Crippen LogP contribution in [0.4, 0.5) is 0 Å². The molecule has 0 aromatic rings. The van der Waals surface area contributed by atoms with Crippen molar-refractivity contribution >= 4 is 26.3 Å². The Morgan fingerprint density at radius 3 is 2.18 bits per heavy atom. The third kappa shape index (κ3) is 2.70. The lowest BCUT2D eigenvalue weighted by atomic mass is 10.2. The average Bonchev–Trinajstić information content (AvgIpc) is 1.86. The van der Waals surface area contributed by atoms with E-state index in [1.54, 1.807) is 0 Å². The second kappa shape index (κ2) is 3.38. The molecule has 1 saturated heterocycles. The molecule has 66 valence electrons. The molecule has 1 heterocycles. The van der Waals surface area contributed by atoms with E-state index in [1.165, 1.54) is 0 Å². The first-order valence-electron chi connectivity index (χ1n) is 3.37. The van der Waals surface area contributed by atoms with E-state index in [1.807, 2.05) is 3.93 Å². The summed E-state index contributed by atoms with van der Waals surface area (Å²) in [5, 5.41) is -0.559. The van der Waals surface area contributed by atoms with Crippen LogP contribution in [0.1, 0.15) is 12.8 Å². The van der Waals surface area contributed by atoms with Crippen molar-refractivity contribution in [1.82, 2.24) is 3.93 Å². The largest absolute Gasteiger partial charge is 0.285 e. The van der Waals surface area contributed by atoms with E-state index >= 15 is 0 Å². The highest BCUT2D eigenvalue weighted by atomic mass is 79.9. The molecular formula is C5H10BrNO3S. The van der Waals surface area contributed by atoms with Crippen molar-refractivity contribution in [2.75, 3.05) is 13.1 Å². The van der Waals surface area contributed by atoms with Crippen LogP contribution >= 0.6 is 16.1 Å². The van der Waals surface area contributed by atoms with E-state index in [4.69, 9.17) is 4.55 Å². The summed E-state index contributed by atoms with van der Waals surface area (Å²) in [5.41, 5.74) is 0. The highest BCUT2D eigenvalue weighted by Gasteiger charge is 2.27. The Morgan fingerprint density at radius 2 is 1.82 bits per heavy atom. The number of rotatable bonds is 1. The van der Waals surface area contributed by atoms with Gasteiger partial charge in [0, 0.05) is 29.2 Å². The van der Waals surface area contributed by atoms with E-state index in [2.05, 4.69) is 16.1 Å². The van der Waals surface area contributed by atoms with Crippen molar-refractivity contribution < 1.29 is 13.0 Å². The second-order valence-corrected chi connectivity index (χ2v) is 5.32. The van der Waals surface area contributed by atoms with Gasteiger partial charge in [-0.3, -0.25) is 4.55 Å². The predicted molar refractivity (Wildman–Crippen MR) is 45.1 cm³/mol. The van der Waals surface area contributed by atoms with Gasteiger partial charge in [-0.1, -0.05) is 0 Å². The molecule has 0 amide bonds. The van der Waals surface area contributed by atoms with Crippen LogP contribution in [-0.2, 0) is 10.1 Å². The molecule has 0 atom stereocenters. The normalized spacial score (nSPS) is 23.8. The molecular weight excluding hydrogens is 234 g/mol. The van der Waals surface area contributed by atoms with Crippen molar-refractivity contribution in [3.63, 3.8) is 0 Å². The molecule has 1 fully saturated rings. The van der Waals surface area contributed by atoms with Gasteiger partial charge in [0.1, 0.15) is 0 Å². The molecule has 0 radical (unpaired) electrons. The van der Waals surface area contributed by atoms with Crippen molar-refractivity contribution in [1.29, 1.82) is 0 Å². The number of hydrogen-bond acceptors (Lipinski definition) is 3. The lowest BCUT2D eigenvalue weighted by Gasteiger charge is -2.24. The SMILES string of the molecule is O=S(=O)(O)C1CCN(Br)CC1. The highest BCUT2D eigenvalue weighted by Crippen LogP contribution is 2.18. The molecule has 0 saturated carbocycles. The molecule has 4 nitrogen and oxygen atoms in total. The van der Waals surface area contributed by atoms with Gasteiger partial charge < -0.3 is 0 Å². The van der Waals surface area contributed by atoms with E-state index in [9.17, 15) is 8.42 Å². The fourth-order valence-corrected chi connectivity index (χ4v) is 2.34. The lowest BCUT2D eigenvalue weighted by molar-refractivity contribution is 0.370. The van der Waals surface area contributed by atoms with E-state index in [0.717, 1.165) is 0 Å². The molecule has 0 unspecified atom stereocenters. The zero-order valence-corrected chi connectivity index (χ0v) is 8.31. The lowest BCUT2D eigenvalue weighted by Crippen LogP contribution is -2.34. The maximum Gasteiger partial charge on any atom is 0.267 e. The molecule has 0 bridgehead atoms. The van der Waals surface area contributed by atoms with Crippen LogP contribution in [0.15, 0.2) is 0 Å². The van der Waals surface area contributed by atoms with Crippen LogP contribution in [0.2, 0.25) is 0 Å². The van der Waals surface area contributed by atoms with Crippen LogP contribution in [0.25, 0.3) is 0 Å². The summed E-state index contributed by atoms with van der Waals surface area (Å²) < 4.78 is 31.8. The summed E-state index contributed by atoms with van der Waals surface area (Å²) in [7, 11) is -3.80. The molecule has 0 aromatic heterocycles. The number of piperidine rings is 1. The Labute approximate surface area is 74.7 Å². The first-order chi connectivity index (χ1) is 5.00.